The topological polar surface area (TPSA) is 44.0 Å². The van der Waals surface area contributed by atoms with Crippen molar-refractivity contribution in [3.05, 3.63) is 0 Å². The highest BCUT2D eigenvalue weighted by Gasteiger charge is 2.06. The van der Waals surface area contributed by atoms with Gasteiger partial charge in [-0.25, -0.2) is 0 Å². The maximum atomic E-state index is 9.11. The Morgan fingerprint density at radius 1 is 1.56 bits per heavy atom. The third kappa shape index (κ3) is 3.99. The molecule has 2 nitrogen and oxygen atoms in total. The highest BCUT2D eigenvalue weighted by molar-refractivity contribution is 4.72. The fraction of sp³-hybridized carbons (Fsp3) is 0.857. The van der Waals surface area contributed by atoms with Gasteiger partial charge in [0.2, 0.25) is 0 Å². The molecule has 0 aliphatic heterocycles. The van der Waals surface area contributed by atoms with E-state index in [1.165, 1.54) is 0 Å². The molecule has 0 rings (SSSR count). The zero-order valence-corrected chi connectivity index (χ0v) is 5.96. The summed E-state index contributed by atoms with van der Waals surface area (Å²) in [4.78, 5) is 0. The first-order valence-corrected chi connectivity index (χ1v) is 3.23. The van der Waals surface area contributed by atoms with Gasteiger partial charge in [-0.1, -0.05) is 13.8 Å². The van der Waals surface area contributed by atoms with Crippen LogP contribution in [0.25, 0.3) is 0 Å². The van der Waals surface area contributed by atoms with Gasteiger partial charge in [0.1, 0.15) is 0 Å². The van der Waals surface area contributed by atoms with Gasteiger partial charge in [-0.2, -0.15) is 5.26 Å². The summed E-state index contributed by atoms with van der Waals surface area (Å²) in [5.41, 5.74) is 0. The van der Waals surface area contributed by atoms with E-state index >= 15 is 0 Å². The molecule has 0 bridgehead atoms. The first kappa shape index (κ1) is 8.45. The third-order valence-corrected chi connectivity index (χ3v) is 1.32. The minimum atomic E-state index is -0.301. The second kappa shape index (κ2) is 4.34. The van der Waals surface area contributed by atoms with Crippen LogP contribution in [-0.4, -0.2) is 11.2 Å². The molecule has 9 heavy (non-hydrogen) atoms. The molecule has 0 saturated carbocycles. The maximum absolute atomic E-state index is 9.11. The van der Waals surface area contributed by atoms with E-state index in [1.807, 2.05) is 19.9 Å². The number of hydrogen-bond donors (Lipinski definition) is 1. The zero-order chi connectivity index (χ0) is 7.28. The normalized spacial score (nSPS) is 13.2. The van der Waals surface area contributed by atoms with Gasteiger partial charge in [0.05, 0.1) is 12.2 Å². The van der Waals surface area contributed by atoms with Crippen molar-refractivity contribution in [2.24, 2.45) is 5.92 Å². The number of nitrogens with zero attached hydrogens (tertiary/aromatic N) is 1. The second-order valence-corrected chi connectivity index (χ2v) is 2.51. The van der Waals surface area contributed by atoms with Crippen molar-refractivity contribution >= 4 is 0 Å². The van der Waals surface area contributed by atoms with E-state index in [2.05, 4.69) is 0 Å². The average Bonchev–Trinajstić information content (AvgIpc) is 1.82. The van der Waals surface area contributed by atoms with Crippen molar-refractivity contribution in [3.63, 3.8) is 0 Å². The molecule has 52 valence electrons. The number of nitriles is 1. The Bertz CT molecular complexity index is 104. The number of aliphatic hydroxyl groups excluding tert-OH is 1. The Morgan fingerprint density at radius 2 is 2.11 bits per heavy atom. The van der Waals surface area contributed by atoms with Crippen LogP contribution in [0.15, 0.2) is 0 Å². The molecule has 1 N–H and O–H groups in total. The Kier molecular flexibility index (Phi) is 4.08. The second-order valence-electron chi connectivity index (χ2n) is 2.51. The molecule has 0 fully saturated rings. The molecule has 0 aromatic rings. The van der Waals surface area contributed by atoms with Crippen LogP contribution in [0.3, 0.4) is 0 Å². The van der Waals surface area contributed by atoms with Crippen molar-refractivity contribution in [2.75, 3.05) is 0 Å². The number of rotatable bonds is 3. The SMILES string of the molecule is CC(C)C(O)CCC#N. The van der Waals surface area contributed by atoms with Crippen LogP contribution >= 0.6 is 0 Å². The Labute approximate surface area is 56.1 Å². The van der Waals surface area contributed by atoms with Crippen LogP contribution in [0.1, 0.15) is 26.7 Å². The monoisotopic (exact) mass is 127 g/mol. The van der Waals surface area contributed by atoms with Gasteiger partial charge in [-0.3, -0.25) is 0 Å². The lowest BCUT2D eigenvalue weighted by Crippen LogP contribution is -2.13. The molecule has 0 spiro atoms. The van der Waals surface area contributed by atoms with E-state index < -0.39 is 0 Å². The molecule has 0 amide bonds. The predicted octanol–water partition coefficient (Wildman–Crippen LogP) is 1.31. The maximum Gasteiger partial charge on any atom is 0.0622 e. The first-order chi connectivity index (χ1) is 4.18. The van der Waals surface area contributed by atoms with Crippen LogP contribution < -0.4 is 0 Å². The zero-order valence-electron chi connectivity index (χ0n) is 5.96. The van der Waals surface area contributed by atoms with Gasteiger partial charge >= 0.3 is 0 Å². The largest absolute Gasteiger partial charge is 0.393 e. The Balaban J connectivity index is 3.29. The molecule has 1 unspecified atom stereocenters. The fourth-order valence-corrected chi connectivity index (χ4v) is 0.546. The van der Waals surface area contributed by atoms with E-state index in [1.54, 1.807) is 0 Å². The molecular formula is C7H13NO. The van der Waals surface area contributed by atoms with Crippen molar-refractivity contribution in [2.45, 2.75) is 32.8 Å². The van der Waals surface area contributed by atoms with Gasteiger partial charge in [0.15, 0.2) is 0 Å². The van der Waals surface area contributed by atoms with Crippen molar-refractivity contribution < 1.29 is 5.11 Å². The molecule has 0 saturated heterocycles. The molecular weight excluding hydrogens is 114 g/mol. The van der Waals surface area contributed by atoms with Crippen molar-refractivity contribution in [1.29, 1.82) is 5.26 Å². The summed E-state index contributed by atoms with van der Waals surface area (Å²) < 4.78 is 0. The summed E-state index contributed by atoms with van der Waals surface area (Å²) >= 11 is 0. The van der Waals surface area contributed by atoms with E-state index in [9.17, 15) is 0 Å². The molecule has 2 heteroatoms. The molecule has 0 heterocycles. The van der Waals surface area contributed by atoms with Crippen LogP contribution in [0.5, 0.6) is 0 Å². The highest BCUT2D eigenvalue weighted by Crippen LogP contribution is 2.06. The van der Waals surface area contributed by atoms with Crippen LogP contribution in [-0.2, 0) is 0 Å². The average molecular weight is 127 g/mol. The van der Waals surface area contributed by atoms with Crippen molar-refractivity contribution in [3.8, 4) is 6.07 Å². The van der Waals surface area contributed by atoms with Gasteiger partial charge in [0, 0.05) is 6.42 Å². The lowest BCUT2D eigenvalue weighted by atomic mass is 10.0. The smallest absolute Gasteiger partial charge is 0.0622 e. The van der Waals surface area contributed by atoms with Gasteiger partial charge in [-0.05, 0) is 12.3 Å². The van der Waals surface area contributed by atoms with Gasteiger partial charge in [0.25, 0.3) is 0 Å². The first-order valence-electron chi connectivity index (χ1n) is 3.23. The van der Waals surface area contributed by atoms with E-state index in [4.69, 9.17) is 10.4 Å². The van der Waals surface area contributed by atoms with Crippen molar-refractivity contribution in [1.82, 2.24) is 0 Å². The lowest BCUT2D eigenvalue weighted by molar-refractivity contribution is 0.118. The van der Waals surface area contributed by atoms with Gasteiger partial charge < -0.3 is 5.11 Å². The van der Waals surface area contributed by atoms with Crippen LogP contribution in [0.4, 0.5) is 0 Å². The minimum Gasteiger partial charge on any atom is -0.393 e. The van der Waals surface area contributed by atoms with Crippen LogP contribution in [0.2, 0.25) is 0 Å². The van der Waals surface area contributed by atoms with Gasteiger partial charge in [-0.15, -0.1) is 0 Å². The van der Waals surface area contributed by atoms with E-state index in [0.717, 1.165) is 0 Å². The number of aliphatic hydroxyl groups is 1. The summed E-state index contributed by atoms with van der Waals surface area (Å²) in [5, 5.41) is 17.2. The molecule has 0 aromatic heterocycles. The summed E-state index contributed by atoms with van der Waals surface area (Å²) in [6, 6.07) is 1.99. The summed E-state index contributed by atoms with van der Waals surface area (Å²) in [6.07, 6.45) is 0.762. The Morgan fingerprint density at radius 3 is 2.44 bits per heavy atom. The molecule has 0 radical (unpaired) electrons. The fourth-order valence-electron chi connectivity index (χ4n) is 0.546. The third-order valence-electron chi connectivity index (χ3n) is 1.32. The summed E-state index contributed by atoms with van der Waals surface area (Å²) in [6.45, 7) is 3.89. The highest BCUT2D eigenvalue weighted by atomic mass is 16.3. The van der Waals surface area contributed by atoms with E-state index in [-0.39, 0.29) is 12.0 Å². The Hall–Kier alpha value is -0.550. The lowest BCUT2D eigenvalue weighted by Gasteiger charge is -2.10. The molecule has 1 atom stereocenters. The molecule has 0 aromatic carbocycles. The predicted molar refractivity (Wildman–Crippen MR) is 35.7 cm³/mol. The van der Waals surface area contributed by atoms with E-state index in [0.29, 0.717) is 12.8 Å². The summed E-state index contributed by atoms with van der Waals surface area (Å²) in [5.74, 6) is 0.276. The van der Waals surface area contributed by atoms with Crippen LogP contribution in [0, 0.1) is 17.2 Å². The standard InChI is InChI=1S/C7H13NO/c1-6(2)7(9)4-3-5-8/h6-7,9H,3-4H2,1-2H3. The molecule has 0 aliphatic rings. The minimum absolute atomic E-state index is 0.276. The summed E-state index contributed by atoms with van der Waals surface area (Å²) in [7, 11) is 0. The number of hydrogen-bond acceptors (Lipinski definition) is 2. The molecule has 0 aliphatic carbocycles. The quantitative estimate of drug-likeness (QED) is 0.621.